The van der Waals surface area contributed by atoms with Gasteiger partial charge in [-0.05, 0) is 79.6 Å². The Morgan fingerprint density at radius 1 is 0.865 bits per heavy atom. The van der Waals surface area contributed by atoms with Crippen molar-refractivity contribution in [2.75, 3.05) is 13.1 Å². The Morgan fingerprint density at radius 2 is 1.54 bits per heavy atom. The molecule has 0 unspecified atom stereocenters. The first-order chi connectivity index (χ1) is 17.9. The van der Waals surface area contributed by atoms with E-state index in [2.05, 4.69) is 12.1 Å². The van der Waals surface area contributed by atoms with E-state index in [1.165, 1.54) is 16.7 Å². The van der Waals surface area contributed by atoms with E-state index in [9.17, 15) is 14.4 Å². The molecule has 0 N–H and O–H groups in total. The van der Waals surface area contributed by atoms with E-state index in [1.54, 1.807) is 36.1 Å². The summed E-state index contributed by atoms with van der Waals surface area (Å²) >= 11 is 6.33. The fourth-order valence-corrected chi connectivity index (χ4v) is 6.01. The molecule has 3 amide bonds. The Bertz CT molecular complexity index is 1450. The Kier molecular flexibility index (Phi) is 5.92. The van der Waals surface area contributed by atoms with Gasteiger partial charge >= 0.3 is 0 Å². The van der Waals surface area contributed by atoms with Gasteiger partial charge in [-0.25, -0.2) is 0 Å². The van der Waals surface area contributed by atoms with Crippen molar-refractivity contribution in [1.29, 1.82) is 0 Å². The van der Waals surface area contributed by atoms with Crippen LogP contribution >= 0.6 is 11.6 Å². The summed E-state index contributed by atoms with van der Waals surface area (Å²) in [6, 6.07) is 16.0. The summed E-state index contributed by atoms with van der Waals surface area (Å²) in [5.41, 5.74) is 7.74. The Morgan fingerprint density at radius 3 is 2.24 bits per heavy atom. The van der Waals surface area contributed by atoms with Gasteiger partial charge in [0.15, 0.2) is 0 Å². The number of carbonyl (C=O) groups is 3. The number of hydrogen-bond acceptors (Lipinski definition) is 4. The predicted molar refractivity (Wildman–Crippen MR) is 141 cm³/mol. The molecular weight excluding hydrogens is 486 g/mol. The van der Waals surface area contributed by atoms with Crippen molar-refractivity contribution in [2.24, 2.45) is 0 Å². The van der Waals surface area contributed by atoms with Crippen molar-refractivity contribution in [3.8, 4) is 0 Å². The minimum atomic E-state index is -0.857. The zero-order chi connectivity index (χ0) is 25.7. The molecule has 6 rings (SSSR count). The SMILES string of the molecule is C[C@H](C(=O)N1CCC(=C2c3ccc(Cl)cc3CCc3cccnc32)CC1)N1C(=O)c2ccccc2C1=O. The van der Waals surface area contributed by atoms with Crippen LogP contribution in [-0.2, 0) is 17.6 Å². The maximum absolute atomic E-state index is 13.4. The van der Waals surface area contributed by atoms with Gasteiger partial charge in [0, 0.05) is 29.9 Å². The lowest BCUT2D eigenvalue weighted by molar-refractivity contribution is -0.135. The zero-order valence-corrected chi connectivity index (χ0v) is 21.3. The van der Waals surface area contributed by atoms with Gasteiger partial charge in [-0.15, -0.1) is 0 Å². The number of rotatable bonds is 2. The number of nitrogens with zero attached hydrogens (tertiary/aromatic N) is 3. The largest absolute Gasteiger partial charge is 0.340 e. The first-order valence-electron chi connectivity index (χ1n) is 12.6. The number of benzene rings is 2. The molecule has 37 heavy (non-hydrogen) atoms. The Labute approximate surface area is 220 Å². The molecule has 186 valence electrons. The van der Waals surface area contributed by atoms with E-state index in [0.717, 1.165) is 39.6 Å². The van der Waals surface area contributed by atoms with Gasteiger partial charge in [-0.1, -0.05) is 41.4 Å². The van der Waals surface area contributed by atoms with Crippen molar-refractivity contribution in [3.63, 3.8) is 0 Å². The van der Waals surface area contributed by atoms with E-state index < -0.39 is 17.9 Å². The molecule has 6 nitrogen and oxygen atoms in total. The summed E-state index contributed by atoms with van der Waals surface area (Å²) in [6.45, 7) is 2.69. The van der Waals surface area contributed by atoms with E-state index >= 15 is 0 Å². The smallest absolute Gasteiger partial charge is 0.262 e. The highest BCUT2D eigenvalue weighted by Crippen LogP contribution is 2.38. The normalized spacial score (nSPS) is 17.8. The van der Waals surface area contributed by atoms with Gasteiger partial charge < -0.3 is 4.90 Å². The van der Waals surface area contributed by atoms with Crippen molar-refractivity contribution in [2.45, 2.75) is 38.6 Å². The molecule has 0 radical (unpaired) electrons. The van der Waals surface area contributed by atoms with Crippen LogP contribution < -0.4 is 0 Å². The summed E-state index contributed by atoms with van der Waals surface area (Å²) in [4.78, 5) is 46.9. The average Bonchev–Trinajstić information content (AvgIpc) is 3.07. The molecule has 1 atom stereocenters. The number of fused-ring (bicyclic) bond motifs is 3. The third-order valence-electron chi connectivity index (χ3n) is 7.73. The molecule has 3 heterocycles. The van der Waals surface area contributed by atoms with E-state index in [4.69, 9.17) is 16.6 Å². The number of aryl methyl sites for hydroxylation is 2. The second-order valence-electron chi connectivity index (χ2n) is 9.82. The molecule has 2 aliphatic heterocycles. The standard InChI is InChI=1S/C30H26ClN3O3/c1-18(34-29(36)24-6-2-3-7-25(24)30(34)37)28(35)33-15-12-19(13-16-33)26-23-11-10-22(31)17-21(23)9-8-20-5-4-14-32-27(20)26/h2-7,10-11,14,17-18H,8-9,12-13,15-16H2,1H3/t18-/m1/s1. The molecular formula is C30H26ClN3O3. The van der Waals surface area contributed by atoms with Crippen LogP contribution in [0.5, 0.6) is 0 Å². The minimum absolute atomic E-state index is 0.204. The van der Waals surface area contributed by atoms with Gasteiger partial charge in [-0.2, -0.15) is 0 Å². The van der Waals surface area contributed by atoms with Crippen LogP contribution in [-0.4, -0.2) is 51.6 Å². The summed E-state index contributed by atoms with van der Waals surface area (Å²) in [7, 11) is 0. The number of pyridine rings is 1. The quantitative estimate of drug-likeness (QED) is 0.457. The summed E-state index contributed by atoms with van der Waals surface area (Å²) < 4.78 is 0. The van der Waals surface area contributed by atoms with Crippen molar-refractivity contribution >= 4 is 34.9 Å². The number of aromatic nitrogens is 1. The van der Waals surface area contributed by atoms with Gasteiger partial charge in [0.25, 0.3) is 11.8 Å². The molecule has 7 heteroatoms. The lowest BCUT2D eigenvalue weighted by atomic mass is 9.88. The van der Waals surface area contributed by atoms with Crippen LogP contribution in [0.15, 0.2) is 66.4 Å². The highest BCUT2D eigenvalue weighted by atomic mass is 35.5. The third kappa shape index (κ3) is 3.96. The highest BCUT2D eigenvalue weighted by molar-refractivity contribution is 6.30. The molecule has 0 saturated carbocycles. The maximum Gasteiger partial charge on any atom is 0.262 e. The molecule has 2 aromatic carbocycles. The van der Waals surface area contributed by atoms with Gasteiger partial charge in [0.05, 0.1) is 16.8 Å². The molecule has 3 aromatic rings. The number of imide groups is 1. The van der Waals surface area contributed by atoms with Crippen molar-refractivity contribution in [1.82, 2.24) is 14.8 Å². The van der Waals surface area contributed by atoms with E-state index in [1.807, 2.05) is 24.4 Å². The van der Waals surface area contributed by atoms with Crippen LogP contribution in [0, 0.1) is 0 Å². The van der Waals surface area contributed by atoms with Gasteiger partial charge in [0.1, 0.15) is 6.04 Å². The highest BCUT2D eigenvalue weighted by Gasteiger charge is 2.42. The number of likely N-dealkylation sites (tertiary alicyclic amines) is 1. The molecule has 0 spiro atoms. The fourth-order valence-electron chi connectivity index (χ4n) is 5.81. The summed E-state index contributed by atoms with van der Waals surface area (Å²) in [5, 5.41) is 0.726. The lowest BCUT2D eigenvalue weighted by Gasteiger charge is -2.34. The Balaban J connectivity index is 1.27. The molecule has 1 saturated heterocycles. The van der Waals surface area contributed by atoms with Gasteiger partial charge in [0.2, 0.25) is 5.91 Å². The molecule has 1 fully saturated rings. The minimum Gasteiger partial charge on any atom is -0.340 e. The number of amides is 3. The summed E-state index contributed by atoms with van der Waals surface area (Å²) in [6.07, 6.45) is 5.04. The van der Waals surface area contributed by atoms with E-state index in [-0.39, 0.29) is 5.91 Å². The monoisotopic (exact) mass is 511 g/mol. The average molecular weight is 512 g/mol. The van der Waals surface area contributed by atoms with E-state index in [0.29, 0.717) is 37.1 Å². The summed E-state index contributed by atoms with van der Waals surface area (Å²) in [5.74, 6) is -1.01. The van der Waals surface area contributed by atoms with Crippen LogP contribution in [0.2, 0.25) is 5.02 Å². The molecule has 1 aromatic heterocycles. The number of hydrogen-bond donors (Lipinski definition) is 0. The number of carbonyl (C=O) groups excluding carboxylic acids is 3. The van der Waals surface area contributed by atoms with Gasteiger partial charge in [-0.3, -0.25) is 24.3 Å². The molecule has 0 bridgehead atoms. The second-order valence-corrected chi connectivity index (χ2v) is 10.3. The molecule has 3 aliphatic rings. The fraction of sp³-hybridized carbons (Fsp3) is 0.267. The number of piperidine rings is 1. The van der Waals surface area contributed by atoms with Crippen molar-refractivity contribution < 1.29 is 14.4 Å². The second kappa shape index (κ2) is 9.27. The van der Waals surface area contributed by atoms with Crippen LogP contribution in [0.3, 0.4) is 0 Å². The molecule has 1 aliphatic carbocycles. The third-order valence-corrected chi connectivity index (χ3v) is 7.97. The zero-order valence-electron chi connectivity index (χ0n) is 20.5. The van der Waals surface area contributed by atoms with Crippen molar-refractivity contribution in [3.05, 3.63) is 105 Å². The first-order valence-corrected chi connectivity index (χ1v) is 13.0. The van der Waals surface area contributed by atoms with Crippen LogP contribution in [0.25, 0.3) is 5.57 Å². The van der Waals surface area contributed by atoms with Crippen LogP contribution in [0.1, 0.15) is 62.9 Å². The lowest BCUT2D eigenvalue weighted by Crippen LogP contribution is -2.50. The number of halogens is 1. The maximum atomic E-state index is 13.4. The first kappa shape index (κ1) is 23.6. The van der Waals surface area contributed by atoms with Crippen LogP contribution in [0.4, 0.5) is 0 Å². The topological polar surface area (TPSA) is 70.6 Å². The Hall–Kier alpha value is -3.77. The predicted octanol–water partition coefficient (Wildman–Crippen LogP) is 4.94.